The fourth-order valence-electron chi connectivity index (χ4n) is 5.20. The highest BCUT2D eigenvalue weighted by Crippen LogP contribution is 2.67. The lowest BCUT2D eigenvalue weighted by Crippen LogP contribution is -2.70. The van der Waals surface area contributed by atoms with Crippen LogP contribution in [0.3, 0.4) is 0 Å². The third-order valence-electron chi connectivity index (χ3n) is 6.67. The molecule has 0 spiro atoms. The number of aryl methyl sites for hydroxylation is 2. The van der Waals surface area contributed by atoms with Crippen molar-refractivity contribution in [3.63, 3.8) is 0 Å². The number of H-pyrrole nitrogens is 1. The van der Waals surface area contributed by atoms with Gasteiger partial charge in [0.25, 0.3) is 5.88 Å². The number of hydrogen-bond acceptors (Lipinski definition) is 9. The van der Waals surface area contributed by atoms with Gasteiger partial charge in [-0.05, 0) is 68.0 Å². The van der Waals surface area contributed by atoms with Gasteiger partial charge in [0.1, 0.15) is 11.3 Å². The Labute approximate surface area is 200 Å². The lowest BCUT2D eigenvalue weighted by molar-refractivity contribution is -0.0665. The molecular formula is C25H20N8O2. The highest BCUT2D eigenvalue weighted by Gasteiger charge is 2.69. The first-order valence-corrected chi connectivity index (χ1v) is 11.2. The van der Waals surface area contributed by atoms with Crippen molar-refractivity contribution in [1.29, 1.82) is 10.5 Å². The Morgan fingerprint density at radius 3 is 2.57 bits per heavy atom. The number of fused-ring (bicyclic) bond motifs is 1. The summed E-state index contributed by atoms with van der Waals surface area (Å²) in [5.74, 6) is 2.32. The highest BCUT2D eigenvalue weighted by atomic mass is 16.5. The summed E-state index contributed by atoms with van der Waals surface area (Å²) in [6.07, 6.45) is 7.10. The first-order chi connectivity index (χ1) is 16.9. The zero-order valence-electron chi connectivity index (χ0n) is 19.1. The Balaban J connectivity index is 1.40. The second-order valence-corrected chi connectivity index (χ2v) is 9.39. The molecule has 0 aliphatic heterocycles. The minimum atomic E-state index is -0.196. The van der Waals surface area contributed by atoms with Crippen molar-refractivity contribution in [2.75, 3.05) is 5.32 Å². The number of anilines is 1. The molecule has 2 bridgehead atoms. The maximum absolute atomic E-state index is 9.35. The average molecular weight is 464 g/mol. The van der Waals surface area contributed by atoms with E-state index in [1.54, 1.807) is 18.3 Å². The molecule has 172 valence electrons. The first kappa shape index (κ1) is 20.9. The van der Waals surface area contributed by atoms with Crippen molar-refractivity contribution in [2.24, 2.45) is 5.41 Å². The maximum atomic E-state index is 9.35. The van der Waals surface area contributed by atoms with Crippen LogP contribution in [0.15, 0.2) is 35.0 Å². The molecule has 10 nitrogen and oxygen atoms in total. The fraction of sp³-hybridized carbons (Fsp3) is 0.280. The van der Waals surface area contributed by atoms with Gasteiger partial charge in [-0.25, -0.2) is 4.98 Å². The quantitative estimate of drug-likeness (QED) is 0.383. The zero-order chi connectivity index (χ0) is 24.2. The van der Waals surface area contributed by atoms with E-state index in [2.05, 4.69) is 36.5 Å². The highest BCUT2D eigenvalue weighted by molar-refractivity contribution is 5.81. The molecular weight excluding hydrogens is 444 g/mol. The van der Waals surface area contributed by atoms with Gasteiger partial charge in [-0.2, -0.15) is 20.5 Å². The van der Waals surface area contributed by atoms with Crippen LogP contribution in [0.4, 0.5) is 5.95 Å². The summed E-state index contributed by atoms with van der Waals surface area (Å²) in [5.41, 5.74) is 3.31. The van der Waals surface area contributed by atoms with E-state index in [0.717, 1.165) is 36.0 Å². The number of rotatable bonds is 6. The van der Waals surface area contributed by atoms with Crippen LogP contribution in [-0.4, -0.2) is 30.6 Å². The lowest BCUT2D eigenvalue weighted by atomic mass is 9.40. The van der Waals surface area contributed by atoms with E-state index in [1.165, 1.54) is 6.08 Å². The van der Waals surface area contributed by atoms with Crippen LogP contribution in [0.25, 0.3) is 28.8 Å². The minimum absolute atomic E-state index is 0.148. The number of allylic oxidation sites excluding steroid dienone is 1. The number of nitrogens with zero attached hydrogens (tertiary/aromatic N) is 6. The molecule has 3 aromatic heterocycles. The van der Waals surface area contributed by atoms with Crippen LogP contribution in [0.5, 0.6) is 11.6 Å². The van der Waals surface area contributed by atoms with Gasteiger partial charge in [0.15, 0.2) is 11.5 Å². The van der Waals surface area contributed by atoms with Crippen LogP contribution in [-0.2, 0) is 0 Å². The number of aromatic nitrogens is 5. The molecule has 0 amide bonds. The van der Waals surface area contributed by atoms with Crippen molar-refractivity contribution in [3.05, 3.63) is 47.2 Å². The molecule has 3 fully saturated rings. The second-order valence-electron chi connectivity index (χ2n) is 9.39. The summed E-state index contributed by atoms with van der Waals surface area (Å²) in [4.78, 5) is 17.1. The molecule has 3 aliphatic rings. The van der Waals surface area contributed by atoms with E-state index in [-0.39, 0.29) is 11.0 Å². The van der Waals surface area contributed by atoms with Gasteiger partial charge in [0.2, 0.25) is 11.7 Å². The van der Waals surface area contributed by atoms with Crippen LogP contribution >= 0.6 is 0 Å². The molecule has 0 saturated heterocycles. The Kier molecular flexibility index (Phi) is 4.42. The average Bonchev–Trinajstić information content (AvgIpc) is 3.46. The van der Waals surface area contributed by atoms with Crippen LogP contribution in [0.1, 0.15) is 36.0 Å². The molecule has 3 aliphatic carbocycles. The topological polar surface area (TPSA) is 149 Å². The standard InChI is InChI=1S/C25H20N8O2/c1-14-8-16(4-3-6-26)9-15(2)19(14)34-22-18-21(30-20(29-18)17-5-7-28-35-17)31-23(32-22)33-25-10-24(11-25,12-25)13-27/h3-5,7-9H,10-12H2,1-2H3,(H2,29,30,31,32,33)/b4-3+. The zero-order valence-corrected chi connectivity index (χ0v) is 19.1. The molecule has 3 saturated carbocycles. The summed E-state index contributed by atoms with van der Waals surface area (Å²) in [6.45, 7) is 3.89. The molecule has 1 aromatic carbocycles. The first-order valence-electron chi connectivity index (χ1n) is 11.2. The normalized spacial score (nSPS) is 22.3. The van der Waals surface area contributed by atoms with Gasteiger partial charge in [-0.3, -0.25) is 0 Å². The summed E-state index contributed by atoms with van der Waals surface area (Å²) in [6, 6.07) is 10.0. The van der Waals surface area contributed by atoms with Crippen molar-refractivity contribution >= 4 is 23.2 Å². The molecule has 0 radical (unpaired) electrons. The second kappa shape index (κ2) is 7.40. The predicted molar refractivity (Wildman–Crippen MR) is 126 cm³/mol. The molecule has 7 rings (SSSR count). The maximum Gasteiger partial charge on any atom is 0.250 e. The number of nitrogens with one attached hydrogen (secondary N) is 2. The third-order valence-corrected chi connectivity index (χ3v) is 6.67. The molecule has 0 unspecified atom stereocenters. The van der Waals surface area contributed by atoms with Crippen LogP contribution in [0.2, 0.25) is 0 Å². The number of nitriles is 2. The largest absolute Gasteiger partial charge is 0.436 e. The van der Waals surface area contributed by atoms with E-state index in [4.69, 9.17) is 14.5 Å². The minimum Gasteiger partial charge on any atom is -0.436 e. The van der Waals surface area contributed by atoms with E-state index < -0.39 is 0 Å². The molecule has 4 aromatic rings. The smallest absolute Gasteiger partial charge is 0.250 e. The summed E-state index contributed by atoms with van der Waals surface area (Å²) in [7, 11) is 0. The number of hydrogen-bond donors (Lipinski definition) is 2. The number of imidazole rings is 1. The summed E-state index contributed by atoms with van der Waals surface area (Å²) >= 11 is 0. The molecule has 10 heteroatoms. The SMILES string of the molecule is Cc1cc(/C=C/C#N)cc(C)c1Oc1nc(NC23CC(C#N)(C2)C3)nc2nc(-c3ccno3)[nH]c12. The van der Waals surface area contributed by atoms with Crippen molar-refractivity contribution < 1.29 is 9.26 Å². The number of ether oxygens (including phenoxy) is 1. The Morgan fingerprint density at radius 1 is 1.14 bits per heavy atom. The van der Waals surface area contributed by atoms with Crippen molar-refractivity contribution in [2.45, 2.75) is 38.6 Å². The Hall–Kier alpha value is -4.70. The number of aromatic amines is 1. The van der Waals surface area contributed by atoms with Gasteiger partial charge in [-0.15, -0.1) is 0 Å². The monoisotopic (exact) mass is 464 g/mol. The van der Waals surface area contributed by atoms with Gasteiger partial charge in [-0.1, -0.05) is 5.16 Å². The Bertz CT molecular complexity index is 1540. The Morgan fingerprint density at radius 2 is 1.91 bits per heavy atom. The van der Waals surface area contributed by atoms with Crippen molar-refractivity contribution in [3.8, 4) is 35.4 Å². The van der Waals surface area contributed by atoms with Crippen LogP contribution in [0, 0.1) is 41.9 Å². The van der Waals surface area contributed by atoms with Crippen LogP contribution < -0.4 is 10.1 Å². The van der Waals surface area contributed by atoms with E-state index >= 15 is 0 Å². The van der Waals surface area contributed by atoms with Crippen molar-refractivity contribution in [1.82, 2.24) is 25.1 Å². The predicted octanol–water partition coefficient (Wildman–Crippen LogP) is 4.81. The summed E-state index contributed by atoms with van der Waals surface area (Å²) < 4.78 is 11.6. The summed E-state index contributed by atoms with van der Waals surface area (Å²) in [5, 5.41) is 25.3. The van der Waals surface area contributed by atoms with Gasteiger partial charge in [0, 0.05) is 17.7 Å². The molecule has 3 heterocycles. The van der Waals surface area contributed by atoms with E-state index in [1.807, 2.05) is 32.0 Å². The molecule has 2 N–H and O–H groups in total. The molecule has 0 atom stereocenters. The lowest BCUT2D eigenvalue weighted by Gasteiger charge is -2.66. The third kappa shape index (κ3) is 3.39. The molecule has 35 heavy (non-hydrogen) atoms. The number of benzene rings is 1. The van der Waals surface area contributed by atoms with E-state index in [9.17, 15) is 5.26 Å². The van der Waals surface area contributed by atoms with Gasteiger partial charge < -0.3 is 19.6 Å². The van der Waals surface area contributed by atoms with E-state index in [0.29, 0.717) is 40.3 Å². The fourth-order valence-corrected chi connectivity index (χ4v) is 5.20. The van der Waals surface area contributed by atoms with Gasteiger partial charge >= 0.3 is 0 Å². The van der Waals surface area contributed by atoms with Gasteiger partial charge in [0.05, 0.1) is 23.8 Å².